The average molecular weight is 203 g/mol. The molecule has 1 saturated heterocycles. The molecule has 1 aliphatic rings. The zero-order chi connectivity index (χ0) is 11.0. The summed E-state index contributed by atoms with van der Waals surface area (Å²) in [5, 5.41) is 8.64. The van der Waals surface area contributed by atoms with E-state index in [4.69, 9.17) is 5.11 Å². The van der Waals surface area contributed by atoms with Gasteiger partial charge in [0.1, 0.15) is 0 Å². The lowest BCUT2D eigenvalue weighted by Crippen LogP contribution is -2.17. The maximum atomic E-state index is 10.5. The summed E-state index contributed by atoms with van der Waals surface area (Å²) in [4.78, 5) is 12.3. The topological polar surface area (TPSA) is 49.8 Å². The maximum absolute atomic E-state index is 10.5. The van der Waals surface area contributed by atoms with Crippen LogP contribution in [0.15, 0.2) is 0 Å². The van der Waals surface area contributed by atoms with E-state index >= 15 is 0 Å². The van der Waals surface area contributed by atoms with Crippen LogP contribution in [0.2, 0.25) is 0 Å². The lowest BCUT2D eigenvalue weighted by Gasteiger charge is -2.03. The van der Waals surface area contributed by atoms with Crippen molar-refractivity contribution in [1.82, 2.24) is 4.90 Å². The van der Waals surface area contributed by atoms with Crippen molar-refractivity contribution in [3.05, 3.63) is 0 Å². The Hall–Kier alpha value is -0.610. The Bertz CT molecular complexity index is 161. The number of hydrogen-bond donors (Lipinski definition) is 1. The second-order valence-corrected chi connectivity index (χ2v) is 3.40. The van der Waals surface area contributed by atoms with E-state index < -0.39 is 6.29 Å². The third-order valence-electron chi connectivity index (χ3n) is 2.12. The number of hydrogen-bond acceptors (Lipinski definition) is 3. The summed E-state index contributed by atoms with van der Waals surface area (Å²) in [7, 11) is 3.34. The number of ether oxygens (including phenoxy) is 1. The van der Waals surface area contributed by atoms with E-state index in [1.807, 2.05) is 14.0 Å². The van der Waals surface area contributed by atoms with Gasteiger partial charge in [-0.2, -0.15) is 0 Å². The van der Waals surface area contributed by atoms with Gasteiger partial charge in [-0.15, -0.1) is 0 Å². The van der Waals surface area contributed by atoms with Gasteiger partial charge >= 0.3 is 0 Å². The average Bonchev–Trinajstić information content (AvgIpc) is 2.52. The van der Waals surface area contributed by atoms with Crippen molar-refractivity contribution in [2.24, 2.45) is 0 Å². The molecule has 14 heavy (non-hydrogen) atoms. The molecule has 1 rings (SSSR count). The van der Waals surface area contributed by atoms with Gasteiger partial charge < -0.3 is 14.7 Å². The molecule has 0 aromatic carbocycles. The fraction of sp³-hybridized carbons (Fsp3) is 0.900. The van der Waals surface area contributed by atoms with Gasteiger partial charge in [-0.3, -0.25) is 4.79 Å². The number of carbonyl (C=O) groups excluding carboxylic acids is 1. The molecule has 0 saturated carbocycles. The Kier molecular flexibility index (Phi) is 7.42. The van der Waals surface area contributed by atoms with Crippen molar-refractivity contribution in [3.8, 4) is 0 Å². The minimum absolute atomic E-state index is 0.292. The van der Waals surface area contributed by atoms with Crippen molar-refractivity contribution < 1.29 is 14.6 Å². The molecule has 4 nitrogen and oxygen atoms in total. The Morgan fingerprint density at radius 3 is 2.43 bits per heavy atom. The Morgan fingerprint density at radius 1 is 1.64 bits per heavy atom. The van der Waals surface area contributed by atoms with Crippen LogP contribution in [-0.4, -0.2) is 42.9 Å². The fourth-order valence-corrected chi connectivity index (χ4v) is 1.15. The van der Waals surface area contributed by atoms with Crippen molar-refractivity contribution in [3.63, 3.8) is 0 Å². The van der Waals surface area contributed by atoms with Crippen LogP contribution in [0.25, 0.3) is 0 Å². The van der Waals surface area contributed by atoms with Crippen molar-refractivity contribution >= 4 is 5.91 Å². The molecule has 0 aromatic rings. The molecule has 1 fully saturated rings. The lowest BCUT2D eigenvalue weighted by atomic mass is 10.3. The van der Waals surface area contributed by atoms with E-state index in [0.29, 0.717) is 5.91 Å². The fourth-order valence-electron chi connectivity index (χ4n) is 1.15. The molecular weight excluding hydrogens is 182 g/mol. The first-order valence-electron chi connectivity index (χ1n) is 5.06. The van der Waals surface area contributed by atoms with Crippen LogP contribution in [0.4, 0.5) is 0 Å². The predicted molar refractivity (Wildman–Crippen MR) is 54.8 cm³/mol. The van der Waals surface area contributed by atoms with Gasteiger partial charge in [-0.1, -0.05) is 13.3 Å². The molecule has 4 heteroatoms. The first-order chi connectivity index (χ1) is 6.61. The molecule has 1 aliphatic heterocycles. The number of aliphatic hydroxyl groups is 1. The smallest absolute Gasteiger partial charge is 0.222 e. The number of nitrogens with zero attached hydrogens (tertiary/aromatic N) is 1. The third-order valence-corrected chi connectivity index (χ3v) is 2.12. The summed E-state index contributed by atoms with van der Waals surface area (Å²) < 4.78 is 4.55. The van der Waals surface area contributed by atoms with E-state index in [1.54, 1.807) is 4.90 Å². The molecule has 0 bridgehead atoms. The highest BCUT2D eigenvalue weighted by Crippen LogP contribution is 2.04. The molecule has 1 amide bonds. The number of methoxy groups -OCH3 is 1. The van der Waals surface area contributed by atoms with Crippen molar-refractivity contribution in [2.75, 3.05) is 20.7 Å². The van der Waals surface area contributed by atoms with E-state index in [2.05, 4.69) is 4.74 Å². The van der Waals surface area contributed by atoms with Crippen LogP contribution >= 0.6 is 0 Å². The standard InChI is InChI=1S/C5H9NO.C5H12O2/c1-6-4-2-3-5(6)7;1-3-4-5(6)7-2/h2-4H2,1H3;5-6H,3-4H2,1-2H3. The predicted octanol–water partition coefficient (Wildman–Crippen LogP) is 0.990. The first kappa shape index (κ1) is 13.4. The normalized spacial score (nSPS) is 17.7. The highest BCUT2D eigenvalue weighted by atomic mass is 16.6. The Morgan fingerprint density at radius 2 is 2.29 bits per heavy atom. The second kappa shape index (κ2) is 7.76. The molecule has 0 aliphatic carbocycles. The molecule has 1 unspecified atom stereocenters. The Balaban J connectivity index is 0.000000241. The molecule has 0 spiro atoms. The number of rotatable bonds is 3. The number of aliphatic hydroxyl groups excluding tert-OH is 1. The zero-order valence-electron chi connectivity index (χ0n) is 9.32. The minimum Gasteiger partial charge on any atom is -0.368 e. The molecule has 84 valence electrons. The van der Waals surface area contributed by atoms with E-state index in [9.17, 15) is 4.79 Å². The Labute approximate surface area is 85.9 Å². The van der Waals surface area contributed by atoms with Crippen LogP contribution in [-0.2, 0) is 9.53 Å². The van der Waals surface area contributed by atoms with E-state index in [0.717, 1.165) is 32.2 Å². The number of carbonyl (C=O) groups is 1. The molecule has 0 radical (unpaired) electrons. The second-order valence-electron chi connectivity index (χ2n) is 3.40. The highest BCUT2D eigenvalue weighted by Gasteiger charge is 2.14. The van der Waals surface area contributed by atoms with Crippen LogP contribution in [0, 0.1) is 0 Å². The van der Waals surface area contributed by atoms with Crippen molar-refractivity contribution in [2.45, 2.75) is 38.9 Å². The largest absolute Gasteiger partial charge is 0.368 e. The summed E-state index contributed by atoms with van der Waals surface area (Å²) >= 11 is 0. The first-order valence-corrected chi connectivity index (χ1v) is 5.06. The number of likely N-dealkylation sites (tertiary alicyclic amines) is 1. The monoisotopic (exact) mass is 203 g/mol. The van der Waals surface area contributed by atoms with Crippen LogP contribution in [0.3, 0.4) is 0 Å². The van der Waals surface area contributed by atoms with E-state index in [-0.39, 0.29) is 0 Å². The van der Waals surface area contributed by atoms with Crippen LogP contribution in [0.1, 0.15) is 32.6 Å². The van der Waals surface area contributed by atoms with Gasteiger partial charge in [-0.25, -0.2) is 0 Å². The van der Waals surface area contributed by atoms with Gasteiger partial charge in [0.2, 0.25) is 5.91 Å². The van der Waals surface area contributed by atoms with Gasteiger partial charge in [0.15, 0.2) is 6.29 Å². The van der Waals surface area contributed by atoms with Crippen LogP contribution in [0.5, 0.6) is 0 Å². The molecule has 1 N–H and O–H groups in total. The van der Waals surface area contributed by atoms with Crippen molar-refractivity contribution in [1.29, 1.82) is 0 Å². The molecule has 0 aromatic heterocycles. The van der Waals surface area contributed by atoms with Crippen LogP contribution < -0.4 is 0 Å². The summed E-state index contributed by atoms with van der Waals surface area (Å²) in [6.07, 6.45) is 2.96. The third kappa shape index (κ3) is 5.94. The molecular formula is C10H21NO3. The zero-order valence-corrected chi connectivity index (χ0v) is 9.32. The summed E-state index contributed by atoms with van der Waals surface area (Å²) in [5.74, 6) is 0.292. The van der Waals surface area contributed by atoms with E-state index in [1.165, 1.54) is 7.11 Å². The maximum Gasteiger partial charge on any atom is 0.222 e. The van der Waals surface area contributed by atoms with Gasteiger partial charge in [0, 0.05) is 27.1 Å². The highest BCUT2D eigenvalue weighted by molar-refractivity contribution is 5.77. The summed E-state index contributed by atoms with van der Waals surface area (Å²) in [6.45, 7) is 2.96. The lowest BCUT2D eigenvalue weighted by molar-refractivity contribution is -0.126. The van der Waals surface area contributed by atoms with Gasteiger partial charge in [0.05, 0.1) is 0 Å². The number of amides is 1. The summed E-state index contributed by atoms with van der Waals surface area (Å²) in [5.41, 5.74) is 0. The SMILES string of the molecule is CCCC(O)OC.CN1CCCC1=O. The van der Waals surface area contributed by atoms with Gasteiger partial charge in [0.25, 0.3) is 0 Å². The quantitative estimate of drug-likeness (QED) is 0.696. The minimum atomic E-state index is -0.551. The van der Waals surface area contributed by atoms with Gasteiger partial charge in [-0.05, 0) is 12.8 Å². The summed E-state index contributed by atoms with van der Waals surface area (Å²) in [6, 6.07) is 0. The molecule has 1 heterocycles. The molecule has 1 atom stereocenters.